The molecule has 2 N–H and O–H groups in total. The van der Waals surface area contributed by atoms with Crippen LogP contribution in [0.3, 0.4) is 0 Å². The summed E-state index contributed by atoms with van der Waals surface area (Å²) >= 11 is 0. The van der Waals surface area contributed by atoms with E-state index in [9.17, 15) is 29.7 Å². The molecule has 0 amide bonds. The number of hydrogen-bond donors (Lipinski definition) is 2. The van der Waals surface area contributed by atoms with Crippen molar-refractivity contribution < 1.29 is 19.2 Å². The van der Waals surface area contributed by atoms with E-state index in [1.165, 1.54) is 37.3 Å². The second kappa shape index (κ2) is 8.96. The number of nitro benzene ring substituents is 1. The van der Waals surface area contributed by atoms with Crippen LogP contribution in [-0.4, -0.2) is 27.0 Å². The third kappa shape index (κ3) is 4.25. The minimum absolute atomic E-state index is 0.00792. The Hall–Kier alpha value is -4.84. The number of aliphatic carboxylic acids is 1. The Bertz CT molecular complexity index is 1460. The number of nitriles is 1. The zero-order valence-corrected chi connectivity index (χ0v) is 17.8. The Morgan fingerprint density at radius 1 is 1.09 bits per heavy atom. The molecule has 0 spiro atoms. The number of rotatable bonds is 6. The smallest absolute Gasteiger partial charge is 0.325 e. The third-order valence-corrected chi connectivity index (χ3v) is 5.36. The Morgan fingerprint density at radius 3 is 2.24 bits per heavy atom. The van der Waals surface area contributed by atoms with Crippen molar-refractivity contribution in [3.63, 3.8) is 0 Å². The zero-order chi connectivity index (χ0) is 24.4. The monoisotopic (exact) mass is 456 g/mol. The molecule has 0 aliphatic heterocycles. The summed E-state index contributed by atoms with van der Waals surface area (Å²) in [5.41, 5.74) is 3.17. The van der Waals surface area contributed by atoms with Crippen LogP contribution in [0.5, 0.6) is 0 Å². The standard InChI is InChI=1S/C25H17FN4O4/c1-14(25(31)32)28-24-20-12-18(26)8-11-22(20)29-23(21(24)13-27)17-4-2-15(3-5-17)16-6-9-19(10-7-16)30(33)34/h2-12,14H,1H3,(H,28,29)(H,31,32). The normalized spacial score (nSPS) is 11.6. The number of fused-ring (bicyclic) bond motifs is 1. The van der Waals surface area contributed by atoms with Crippen LogP contribution < -0.4 is 5.32 Å². The van der Waals surface area contributed by atoms with Gasteiger partial charge in [0.05, 0.1) is 21.8 Å². The summed E-state index contributed by atoms with van der Waals surface area (Å²) in [5, 5.41) is 33.2. The number of halogens is 1. The fraction of sp³-hybridized carbons (Fsp3) is 0.0800. The highest BCUT2D eigenvalue weighted by Gasteiger charge is 2.21. The lowest BCUT2D eigenvalue weighted by Gasteiger charge is -2.17. The Morgan fingerprint density at radius 2 is 1.68 bits per heavy atom. The minimum Gasteiger partial charge on any atom is -0.480 e. The first-order valence-corrected chi connectivity index (χ1v) is 10.2. The molecule has 1 aromatic heterocycles. The van der Waals surface area contributed by atoms with Gasteiger partial charge in [0, 0.05) is 23.1 Å². The van der Waals surface area contributed by atoms with Gasteiger partial charge in [-0.2, -0.15) is 5.26 Å². The van der Waals surface area contributed by atoms with E-state index in [4.69, 9.17) is 0 Å². The Balaban J connectivity index is 1.82. The van der Waals surface area contributed by atoms with Crippen molar-refractivity contribution in [1.29, 1.82) is 5.26 Å². The van der Waals surface area contributed by atoms with Gasteiger partial charge < -0.3 is 10.4 Å². The first kappa shape index (κ1) is 22.4. The number of carbonyl (C=O) groups is 1. The number of non-ortho nitro benzene ring substituents is 1. The Labute approximate surface area is 193 Å². The number of nitrogens with zero attached hydrogens (tertiary/aromatic N) is 3. The van der Waals surface area contributed by atoms with Crippen molar-refractivity contribution in [2.24, 2.45) is 0 Å². The van der Waals surface area contributed by atoms with Crippen molar-refractivity contribution in [1.82, 2.24) is 4.98 Å². The van der Waals surface area contributed by atoms with Crippen LogP contribution in [0.4, 0.5) is 15.8 Å². The number of anilines is 1. The van der Waals surface area contributed by atoms with Crippen LogP contribution in [0.15, 0.2) is 66.7 Å². The molecule has 1 atom stereocenters. The molecule has 0 saturated heterocycles. The second-order valence-electron chi connectivity index (χ2n) is 7.57. The molecule has 1 heterocycles. The zero-order valence-electron chi connectivity index (χ0n) is 17.8. The van der Waals surface area contributed by atoms with E-state index in [0.717, 1.165) is 11.1 Å². The van der Waals surface area contributed by atoms with E-state index in [1.54, 1.807) is 36.4 Å². The van der Waals surface area contributed by atoms with Crippen LogP contribution >= 0.6 is 0 Å². The van der Waals surface area contributed by atoms with E-state index in [1.807, 2.05) is 0 Å². The van der Waals surface area contributed by atoms with Gasteiger partial charge in [-0.3, -0.25) is 14.9 Å². The van der Waals surface area contributed by atoms with Gasteiger partial charge in [0.25, 0.3) is 5.69 Å². The summed E-state index contributed by atoms with van der Waals surface area (Å²) in [5.74, 6) is -1.66. The average Bonchev–Trinajstić information content (AvgIpc) is 2.84. The van der Waals surface area contributed by atoms with E-state index in [2.05, 4.69) is 16.4 Å². The predicted octanol–water partition coefficient (Wildman–Crippen LogP) is 5.37. The average molecular weight is 456 g/mol. The van der Waals surface area contributed by atoms with Crippen molar-refractivity contribution >= 4 is 28.2 Å². The highest BCUT2D eigenvalue weighted by Crippen LogP contribution is 2.35. The number of benzene rings is 3. The maximum Gasteiger partial charge on any atom is 0.325 e. The predicted molar refractivity (Wildman–Crippen MR) is 125 cm³/mol. The molecule has 8 nitrogen and oxygen atoms in total. The summed E-state index contributed by atoms with van der Waals surface area (Å²) in [6, 6.07) is 18.2. The maximum atomic E-state index is 14.0. The van der Waals surface area contributed by atoms with E-state index >= 15 is 0 Å². The fourth-order valence-corrected chi connectivity index (χ4v) is 3.58. The summed E-state index contributed by atoms with van der Waals surface area (Å²) < 4.78 is 14.0. The molecular weight excluding hydrogens is 439 g/mol. The molecule has 0 aliphatic rings. The second-order valence-corrected chi connectivity index (χ2v) is 7.57. The van der Waals surface area contributed by atoms with Crippen molar-refractivity contribution in [2.45, 2.75) is 13.0 Å². The summed E-state index contributed by atoms with van der Waals surface area (Å²) in [6.07, 6.45) is 0. The lowest BCUT2D eigenvalue weighted by molar-refractivity contribution is -0.384. The van der Waals surface area contributed by atoms with Crippen LogP contribution in [0.1, 0.15) is 12.5 Å². The SMILES string of the molecule is CC(Nc1c(C#N)c(-c2ccc(-c3ccc([N+](=O)[O-])cc3)cc2)nc2ccc(F)cc12)C(=O)O. The number of carboxylic acid groups (broad SMARTS) is 1. The molecule has 4 aromatic rings. The van der Waals surface area contributed by atoms with Crippen LogP contribution in [-0.2, 0) is 4.79 Å². The number of hydrogen-bond acceptors (Lipinski definition) is 6. The van der Waals surface area contributed by atoms with Gasteiger partial charge in [0.15, 0.2) is 0 Å². The fourth-order valence-electron chi connectivity index (χ4n) is 3.58. The number of carboxylic acids is 1. The van der Waals surface area contributed by atoms with Crippen molar-refractivity contribution in [3.05, 3.63) is 88.2 Å². The first-order valence-electron chi connectivity index (χ1n) is 10.2. The summed E-state index contributed by atoms with van der Waals surface area (Å²) in [7, 11) is 0. The number of aromatic nitrogens is 1. The molecule has 3 aromatic carbocycles. The molecule has 0 fully saturated rings. The van der Waals surface area contributed by atoms with E-state index in [0.29, 0.717) is 22.2 Å². The van der Waals surface area contributed by atoms with Gasteiger partial charge in [0.2, 0.25) is 0 Å². The molecule has 168 valence electrons. The molecule has 0 saturated carbocycles. The van der Waals surface area contributed by atoms with Crippen LogP contribution in [0, 0.1) is 27.3 Å². The van der Waals surface area contributed by atoms with Crippen LogP contribution in [0.2, 0.25) is 0 Å². The number of pyridine rings is 1. The van der Waals surface area contributed by atoms with E-state index < -0.39 is 22.8 Å². The van der Waals surface area contributed by atoms with Gasteiger partial charge >= 0.3 is 5.97 Å². The summed E-state index contributed by atoms with van der Waals surface area (Å²) in [6.45, 7) is 1.42. The Kier molecular flexibility index (Phi) is 5.89. The number of nitrogens with one attached hydrogen (secondary N) is 1. The van der Waals surface area contributed by atoms with Crippen molar-refractivity contribution in [2.75, 3.05) is 5.32 Å². The topological polar surface area (TPSA) is 129 Å². The largest absolute Gasteiger partial charge is 0.480 e. The molecule has 34 heavy (non-hydrogen) atoms. The molecule has 1 unspecified atom stereocenters. The highest BCUT2D eigenvalue weighted by atomic mass is 19.1. The minimum atomic E-state index is -1.13. The quantitative estimate of drug-likeness (QED) is 0.295. The molecule has 4 rings (SSSR count). The van der Waals surface area contributed by atoms with Gasteiger partial charge in [-0.1, -0.05) is 24.3 Å². The molecule has 0 aliphatic carbocycles. The van der Waals surface area contributed by atoms with Gasteiger partial charge in [-0.25, -0.2) is 9.37 Å². The lowest BCUT2D eigenvalue weighted by atomic mass is 9.98. The first-order chi connectivity index (χ1) is 16.3. The van der Waals surface area contributed by atoms with Crippen LogP contribution in [0.25, 0.3) is 33.3 Å². The highest BCUT2D eigenvalue weighted by molar-refractivity contribution is 5.99. The molecule has 0 radical (unpaired) electrons. The molecule has 9 heteroatoms. The maximum absolute atomic E-state index is 14.0. The third-order valence-electron chi connectivity index (χ3n) is 5.36. The van der Waals surface area contributed by atoms with E-state index in [-0.39, 0.29) is 16.9 Å². The van der Waals surface area contributed by atoms with Gasteiger partial charge in [-0.05, 0) is 48.4 Å². The summed E-state index contributed by atoms with van der Waals surface area (Å²) in [4.78, 5) is 26.4. The molecule has 0 bridgehead atoms. The van der Waals surface area contributed by atoms with Gasteiger partial charge in [-0.15, -0.1) is 0 Å². The van der Waals surface area contributed by atoms with Crippen molar-refractivity contribution in [3.8, 4) is 28.5 Å². The lowest BCUT2D eigenvalue weighted by Crippen LogP contribution is -2.26. The number of nitro groups is 1. The van der Waals surface area contributed by atoms with Gasteiger partial charge in [0.1, 0.15) is 23.5 Å². The molecular formula is C25H17FN4O4.